The van der Waals surface area contributed by atoms with Crippen molar-refractivity contribution in [3.63, 3.8) is 0 Å². The summed E-state index contributed by atoms with van der Waals surface area (Å²) in [5.74, 6) is -0.0721. The molecule has 6 nitrogen and oxygen atoms in total. The third kappa shape index (κ3) is 5.16. The minimum absolute atomic E-state index is 0.186. The van der Waals surface area contributed by atoms with E-state index < -0.39 is 5.91 Å². The van der Waals surface area contributed by atoms with Gasteiger partial charge in [0.15, 0.2) is 0 Å². The van der Waals surface area contributed by atoms with E-state index in [1.54, 1.807) is 19.9 Å². The molecule has 3 rings (SSSR count). The van der Waals surface area contributed by atoms with Gasteiger partial charge in [-0.25, -0.2) is 4.98 Å². The van der Waals surface area contributed by atoms with Gasteiger partial charge in [0.25, 0.3) is 11.8 Å². The van der Waals surface area contributed by atoms with Crippen molar-refractivity contribution in [2.75, 3.05) is 6.54 Å². The summed E-state index contributed by atoms with van der Waals surface area (Å²) in [6.07, 6.45) is 0.535. The van der Waals surface area contributed by atoms with E-state index in [0.29, 0.717) is 23.6 Å². The van der Waals surface area contributed by atoms with E-state index in [4.69, 9.17) is 23.2 Å². The van der Waals surface area contributed by atoms with E-state index in [0.717, 1.165) is 16.9 Å². The molecule has 3 aromatic rings. The smallest absolute Gasteiger partial charge is 0.267 e. The number of benzene rings is 2. The lowest BCUT2D eigenvalue weighted by molar-refractivity contribution is -0.117. The van der Waals surface area contributed by atoms with Crippen molar-refractivity contribution in [1.82, 2.24) is 20.6 Å². The van der Waals surface area contributed by atoms with Crippen LogP contribution < -0.4 is 10.6 Å². The molecule has 0 fully saturated rings. The number of carbonyl (C=O) groups excluding carboxylic acids is 2. The van der Waals surface area contributed by atoms with Gasteiger partial charge < -0.3 is 15.6 Å². The Labute approximate surface area is 178 Å². The minimum atomic E-state index is -0.477. The minimum Gasteiger partial charge on any atom is -0.350 e. The first kappa shape index (κ1) is 20.9. The van der Waals surface area contributed by atoms with Crippen LogP contribution in [0.1, 0.15) is 30.0 Å². The van der Waals surface area contributed by atoms with Gasteiger partial charge in [0, 0.05) is 18.0 Å². The fourth-order valence-corrected chi connectivity index (χ4v) is 3.26. The maximum Gasteiger partial charge on any atom is 0.267 e. The predicted octanol–water partition coefficient (Wildman–Crippen LogP) is 4.25. The molecule has 150 valence electrons. The Morgan fingerprint density at radius 1 is 1.10 bits per heavy atom. The van der Waals surface area contributed by atoms with Gasteiger partial charge >= 0.3 is 0 Å². The van der Waals surface area contributed by atoms with Crippen LogP contribution in [0.2, 0.25) is 10.0 Å². The Kier molecular flexibility index (Phi) is 6.56. The van der Waals surface area contributed by atoms with Gasteiger partial charge in [-0.15, -0.1) is 0 Å². The molecule has 1 heterocycles. The van der Waals surface area contributed by atoms with Gasteiger partial charge in [0.1, 0.15) is 11.5 Å². The van der Waals surface area contributed by atoms with E-state index in [1.807, 2.05) is 24.3 Å². The topological polar surface area (TPSA) is 86.9 Å². The van der Waals surface area contributed by atoms with Crippen LogP contribution >= 0.6 is 23.2 Å². The number of amides is 2. The number of hydrogen-bond donors (Lipinski definition) is 3. The van der Waals surface area contributed by atoms with E-state index >= 15 is 0 Å². The number of fused-ring (bicyclic) bond motifs is 1. The molecule has 0 saturated heterocycles. The van der Waals surface area contributed by atoms with Crippen LogP contribution in [0.5, 0.6) is 0 Å². The number of nitrogens with zero attached hydrogens (tertiary/aromatic N) is 1. The number of para-hydroxylation sites is 2. The monoisotopic (exact) mass is 430 g/mol. The molecule has 1 aromatic heterocycles. The fraction of sp³-hybridized carbons (Fsp3) is 0.190. The molecule has 0 unspecified atom stereocenters. The molecule has 0 bridgehead atoms. The van der Waals surface area contributed by atoms with E-state index in [9.17, 15) is 9.59 Å². The number of nitrogens with one attached hydrogen (secondary N) is 3. The molecular formula is C21H20Cl2N4O2. The summed E-state index contributed by atoms with van der Waals surface area (Å²) >= 11 is 11.9. The normalized spacial score (nSPS) is 10.6. The lowest BCUT2D eigenvalue weighted by Crippen LogP contribution is -2.36. The van der Waals surface area contributed by atoms with Crippen molar-refractivity contribution in [3.05, 3.63) is 75.2 Å². The second-order valence-corrected chi connectivity index (χ2v) is 7.50. The van der Waals surface area contributed by atoms with Gasteiger partial charge in [-0.2, -0.15) is 0 Å². The molecule has 0 spiro atoms. The van der Waals surface area contributed by atoms with Crippen molar-refractivity contribution in [3.8, 4) is 0 Å². The van der Waals surface area contributed by atoms with E-state index in [2.05, 4.69) is 20.6 Å². The van der Waals surface area contributed by atoms with Gasteiger partial charge in [-0.3, -0.25) is 9.59 Å². The second kappa shape index (κ2) is 9.11. The maximum atomic E-state index is 12.6. The van der Waals surface area contributed by atoms with Crippen LogP contribution in [0.3, 0.4) is 0 Å². The first-order valence-electron chi connectivity index (χ1n) is 9.01. The largest absolute Gasteiger partial charge is 0.350 e. The van der Waals surface area contributed by atoms with Gasteiger partial charge in [-0.05, 0) is 49.8 Å². The number of aromatic nitrogens is 2. The Hall–Kier alpha value is -2.83. The molecule has 3 N–H and O–H groups in total. The predicted molar refractivity (Wildman–Crippen MR) is 115 cm³/mol. The molecule has 0 radical (unpaired) electrons. The Bertz CT molecular complexity index is 1070. The highest BCUT2D eigenvalue weighted by Crippen LogP contribution is 2.21. The third-order valence-corrected chi connectivity index (χ3v) is 4.77. The molecule has 2 amide bonds. The summed E-state index contributed by atoms with van der Waals surface area (Å²) in [5, 5.41) is 6.10. The summed E-state index contributed by atoms with van der Waals surface area (Å²) in [6, 6.07) is 12.3. The summed E-state index contributed by atoms with van der Waals surface area (Å²) in [6.45, 7) is 3.86. The SMILES string of the molecule is CC(C)=C(NC(=O)c1ccc(Cl)cc1Cl)C(=O)NCCc1nc2ccccc2[nH]1. The Balaban J connectivity index is 1.62. The molecule has 0 atom stereocenters. The van der Waals surface area contributed by atoms with E-state index in [-0.39, 0.29) is 22.2 Å². The molecule has 8 heteroatoms. The second-order valence-electron chi connectivity index (χ2n) is 6.66. The maximum absolute atomic E-state index is 12.6. The van der Waals surface area contributed by atoms with Crippen LogP contribution in [0, 0.1) is 0 Å². The van der Waals surface area contributed by atoms with Crippen LogP contribution in [0.25, 0.3) is 11.0 Å². The van der Waals surface area contributed by atoms with Crippen molar-refractivity contribution >= 4 is 46.0 Å². The molecule has 2 aromatic carbocycles. The first-order chi connectivity index (χ1) is 13.8. The first-order valence-corrected chi connectivity index (χ1v) is 9.76. The number of imidazole rings is 1. The van der Waals surface area contributed by atoms with Crippen molar-refractivity contribution in [1.29, 1.82) is 0 Å². The van der Waals surface area contributed by atoms with Crippen molar-refractivity contribution in [2.45, 2.75) is 20.3 Å². The third-order valence-electron chi connectivity index (χ3n) is 4.23. The molecular weight excluding hydrogens is 411 g/mol. The quantitative estimate of drug-likeness (QED) is 0.510. The summed E-state index contributed by atoms with van der Waals surface area (Å²) in [7, 11) is 0. The average molecular weight is 431 g/mol. The van der Waals surface area contributed by atoms with Crippen LogP contribution in [-0.4, -0.2) is 28.3 Å². The standard InChI is InChI=1S/C21H20Cl2N4O2/c1-12(2)19(27-20(28)14-8-7-13(22)11-15(14)23)21(29)24-10-9-18-25-16-5-3-4-6-17(16)26-18/h3-8,11H,9-10H2,1-2H3,(H,24,29)(H,25,26)(H,27,28). The van der Waals surface area contributed by atoms with Crippen molar-refractivity contribution < 1.29 is 9.59 Å². The molecule has 29 heavy (non-hydrogen) atoms. The van der Waals surface area contributed by atoms with Gasteiger partial charge in [-0.1, -0.05) is 35.3 Å². The van der Waals surface area contributed by atoms with Crippen LogP contribution in [0.15, 0.2) is 53.7 Å². The fourth-order valence-electron chi connectivity index (χ4n) is 2.77. The summed E-state index contributed by atoms with van der Waals surface area (Å²) < 4.78 is 0. The Morgan fingerprint density at radius 2 is 1.86 bits per heavy atom. The zero-order valence-corrected chi connectivity index (χ0v) is 17.5. The van der Waals surface area contributed by atoms with Gasteiger partial charge in [0.05, 0.1) is 21.6 Å². The number of aromatic amines is 1. The number of allylic oxidation sites excluding steroid dienone is 1. The number of rotatable bonds is 6. The summed E-state index contributed by atoms with van der Waals surface area (Å²) in [5.41, 5.74) is 2.93. The van der Waals surface area contributed by atoms with Crippen LogP contribution in [0.4, 0.5) is 0 Å². The number of halogens is 2. The highest BCUT2D eigenvalue weighted by atomic mass is 35.5. The average Bonchev–Trinajstić information content (AvgIpc) is 3.08. The Morgan fingerprint density at radius 3 is 2.55 bits per heavy atom. The molecule has 0 aliphatic carbocycles. The molecule has 0 saturated carbocycles. The number of carbonyl (C=O) groups is 2. The van der Waals surface area contributed by atoms with Gasteiger partial charge in [0.2, 0.25) is 0 Å². The number of H-pyrrole nitrogens is 1. The lowest BCUT2D eigenvalue weighted by Gasteiger charge is -2.13. The lowest BCUT2D eigenvalue weighted by atomic mass is 10.2. The number of hydrogen-bond acceptors (Lipinski definition) is 3. The van der Waals surface area contributed by atoms with Crippen molar-refractivity contribution in [2.24, 2.45) is 0 Å². The highest BCUT2D eigenvalue weighted by molar-refractivity contribution is 6.36. The molecule has 0 aliphatic heterocycles. The highest BCUT2D eigenvalue weighted by Gasteiger charge is 2.17. The zero-order valence-electron chi connectivity index (χ0n) is 16.0. The van der Waals surface area contributed by atoms with E-state index in [1.165, 1.54) is 12.1 Å². The molecule has 0 aliphatic rings. The van der Waals surface area contributed by atoms with Crippen LogP contribution in [-0.2, 0) is 11.2 Å². The zero-order chi connectivity index (χ0) is 21.0. The summed E-state index contributed by atoms with van der Waals surface area (Å²) in [4.78, 5) is 32.8.